The second kappa shape index (κ2) is 8.43. The van der Waals surface area contributed by atoms with Crippen LogP contribution in [-0.4, -0.2) is 32.8 Å². The molecule has 0 saturated heterocycles. The summed E-state index contributed by atoms with van der Waals surface area (Å²) in [5, 5.41) is 4.59. The molecule has 31 heavy (non-hydrogen) atoms. The summed E-state index contributed by atoms with van der Waals surface area (Å²) in [5.41, 5.74) is 3.43. The first-order valence-corrected chi connectivity index (χ1v) is 11.3. The summed E-state index contributed by atoms with van der Waals surface area (Å²) in [7, 11) is -0.683. The molecule has 6 nitrogen and oxygen atoms in total. The van der Waals surface area contributed by atoms with E-state index in [0.717, 1.165) is 16.7 Å². The number of nitrogens with zero attached hydrogens (tertiary/aromatic N) is 2. The van der Waals surface area contributed by atoms with E-state index in [4.69, 9.17) is 9.47 Å². The van der Waals surface area contributed by atoms with E-state index in [-0.39, 0.29) is 4.90 Å². The van der Waals surface area contributed by atoms with Crippen molar-refractivity contribution in [1.82, 2.24) is 4.41 Å². The zero-order valence-electron chi connectivity index (χ0n) is 17.6. The highest BCUT2D eigenvalue weighted by Crippen LogP contribution is 2.38. The molecule has 4 rings (SSSR count). The fraction of sp³-hybridized carbons (Fsp3) is 0.208. The van der Waals surface area contributed by atoms with E-state index in [0.29, 0.717) is 23.6 Å². The van der Waals surface area contributed by atoms with E-state index in [1.54, 1.807) is 50.6 Å². The summed E-state index contributed by atoms with van der Waals surface area (Å²) in [4.78, 5) is 0.213. The maximum atomic E-state index is 13.5. The number of methoxy groups -OCH3 is 2. The summed E-state index contributed by atoms with van der Waals surface area (Å²) < 4.78 is 38.9. The Morgan fingerprint density at radius 3 is 2.32 bits per heavy atom. The number of hydrazone groups is 1. The minimum atomic E-state index is -3.83. The van der Waals surface area contributed by atoms with E-state index >= 15 is 0 Å². The van der Waals surface area contributed by atoms with Gasteiger partial charge >= 0.3 is 0 Å². The summed E-state index contributed by atoms with van der Waals surface area (Å²) in [5.74, 6) is 1.17. The Morgan fingerprint density at radius 2 is 1.65 bits per heavy atom. The lowest BCUT2D eigenvalue weighted by Crippen LogP contribution is -2.27. The molecular weight excluding hydrogens is 412 g/mol. The predicted molar refractivity (Wildman–Crippen MR) is 120 cm³/mol. The largest absolute Gasteiger partial charge is 0.493 e. The van der Waals surface area contributed by atoms with Gasteiger partial charge in [0.2, 0.25) is 0 Å². The summed E-state index contributed by atoms with van der Waals surface area (Å²) >= 11 is 0. The van der Waals surface area contributed by atoms with Crippen LogP contribution in [-0.2, 0) is 10.0 Å². The molecule has 3 aromatic carbocycles. The molecule has 1 aliphatic rings. The van der Waals surface area contributed by atoms with Crippen LogP contribution in [0.25, 0.3) is 0 Å². The first-order valence-electron chi connectivity index (χ1n) is 9.90. The zero-order chi connectivity index (χ0) is 22.0. The third kappa shape index (κ3) is 4.01. The molecule has 0 spiro atoms. The highest BCUT2D eigenvalue weighted by Gasteiger charge is 2.37. The number of hydrogen-bond acceptors (Lipinski definition) is 5. The van der Waals surface area contributed by atoms with Gasteiger partial charge in [-0.3, -0.25) is 0 Å². The van der Waals surface area contributed by atoms with Crippen molar-refractivity contribution in [2.45, 2.75) is 24.3 Å². The lowest BCUT2D eigenvalue weighted by atomic mass is 9.98. The third-order valence-corrected chi connectivity index (χ3v) is 7.00. The molecule has 1 atom stereocenters. The molecule has 0 fully saturated rings. The molecule has 1 heterocycles. The molecule has 3 aromatic rings. The van der Waals surface area contributed by atoms with Gasteiger partial charge in [-0.1, -0.05) is 48.0 Å². The molecule has 0 unspecified atom stereocenters. The third-order valence-electron chi connectivity index (χ3n) is 5.30. The number of sulfonamides is 1. The number of rotatable bonds is 6. The number of aryl methyl sites for hydroxylation is 1. The summed E-state index contributed by atoms with van der Waals surface area (Å²) in [6, 6.07) is 21.3. The number of hydrogen-bond donors (Lipinski definition) is 0. The molecule has 0 radical (unpaired) electrons. The summed E-state index contributed by atoms with van der Waals surface area (Å²) in [6.07, 6.45) is 0.449. The number of ether oxygens (including phenoxy) is 2. The Kier molecular flexibility index (Phi) is 5.69. The van der Waals surface area contributed by atoms with Crippen LogP contribution in [0, 0.1) is 6.92 Å². The Balaban J connectivity index is 1.81. The Hall–Kier alpha value is -3.32. The fourth-order valence-corrected chi connectivity index (χ4v) is 5.18. The molecule has 0 aliphatic carbocycles. The molecule has 0 saturated carbocycles. The molecule has 0 bridgehead atoms. The van der Waals surface area contributed by atoms with Gasteiger partial charge in [0.15, 0.2) is 11.5 Å². The monoisotopic (exact) mass is 436 g/mol. The first-order chi connectivity index (χ1) is 14.9. The van der Waals surface area contributed by atoms with Gasteiger partial charge in [0, 0.05) is 12.0 Å². The van der Waals surface area contributed by atoms with Crippen LogP contribution in [0.5, 0.6) is 11.5 Å². The van der Waals surface area contributed by atoms with Crippen molar-refractivity contribution in [3.63, 3.8) is 0 Å². The van der Waals surface area contributed by atoms with Gasteiger partial charge in [0.05, 0.1) is 30.9 Å². The average molecular weight is 437 g/mol. The minimum Gasteiger partial charge on any atom is -0.493 e. The van der Waals surface area contributed by atoms with Crippen LogP contribution >= 0.6 is 0 Å². The molecule has 160 valence electrons. The number of benzene rings is 3. The summed E-state index contributed by atoms with van der Waals surface area (Å²) in [6.45, 7) is 1.99. The van der Waals surface area contributed by atoms with Crippen molar-refractivity contribution in [2.75, 3.05) is 14.2 Å². The second-order valence-corrected chi connectivity index (χ2v) is 9.14. The van der Waals surface area contributed by atoms with Gasteiger partial charge in [-0.25, -0.2) is 0 Å². The van der Waals surface area contributed by atoms with Crippen molar-refractivity contribution < 1.29 is 17.9 Å². The van der Waals surface area contributed by atoms with Gasteiger partial charge in [0.25, 0.3) is 10.0 Å². The zero-order valence-corrected chi connectivity index (χ0v) is 18.5. The van der Waals surface area contributed by atoms with Crippen molar-refractivity contribution in [3.8, 4) is 11.5 Å². The van der Waals surface area contributed by atoms with Crippen LogP contribution in [0.4, 0.5) is 0 Å². The smallest absolute Gasteiger partial charge is 0.279 e. The first kappa shape index (κ1) is 20.9. The van der Waals surface area contributed by atoms with Crippen LogP contribution in [0.15, 0.2) is 82.8 Å². The molecular formula is C24H24N2O4S. The lowest BCUT2D eigenvalue weighted by molar-refractivity contribution is 0.355. The van der Waals surface area contributed by atoms with Crippen molar-refractivity contribution in [3.05, 3.63) is 89.5 Å². The van der Waals surface area contributed by atoms with Gasteiger partial charge in [-0.15, -0.1) is 0 Å². The molecule has 7 heteroatoms. The van der Waals surface area contributed by atoms with Gasteiger partial charge < -0.3 is 9.47 Å². The Labute approximate surface area is 182 Å². The topological polar surface area (TPSA) is 68.2 Å². The van der Waals surface area contributed by atoms with Crippen LogP contribution in [0.2, 0.25) is 0 Å². The van der Waals surface area contributed by atoms with Gasteiger partial charge in [-0.05, 0) is 42.8 Å². The molecule has 0 N–H and O–H groups in total. The van der Waals surface area contributed by atoms with Crippen molar-refractivity contribution >= 4 is 15.7 Å². The Morgan fingerprint density at radius 1 is 0.903 bits per heavy atom. The van der Waals surface area contributed by atoms with E-state index in [9.17, 15) is 8.42 Å². The van der Waals surface area contributed by atoms with Crippen LogP contribution in [0.1, 0.15) is 29.2 Å². The van der Waals surface area contributed by atoms with Gasteiger partial charge in [0.1, 0.15) is 0 Å². The quantitative estimate of drug-likeness (QED) is 0.568. The molecule has 1 aliphatic heterocycles. The van der Waals surface area contributed by atoms with Crippen LogP contribution < -0.4 is 9.47 Å². The minimum absolute atomic E-state index is 0.213. The Bertz CT molecular complexity index is 1220. The lowest BCUT2D eigenvalue weighted by Gasteiger charge is -2.23. The normalized spacial score (nSPS) is 16.2. The maximum absolute atomic E-state index is 13.5. The van der Waals surface area contributed by atoms with Crippen molar-refractivity contribution in [2.24, 2.45) is 5.10 Å². The average Bonchev–Trinajstić information content (AvgIpc) is 3.26. The highest BCUT2D eigenvalue weighted by atomic mass is 32.2. The molecule has 0 amide bonds. The fourth-order valence-electron chi connectivity index (χ4n) is 3.73. The van der Waals surface area contributed by atoms with E-state index in [2.05, 4.69) is 5.10 Å². The van der Waals surface area contributed by atoms with E-state index in [1.807, 2.05) is 43.3 Å². The van der Waals surface area contributed by atoms with Crippen LogP contribution in [0.3, 0.4) is 0 Å². The second-order valence-electron chi connectivity index (χ2n) is 7.34. The maximum Gasteiger partial charge on any atom is 0.279 e. The standard InChI is InChI=1S/C24H24N2O4S/c1-17-8-7-9-19(14-17)22-16-21(18-12-13-23(29-2)24(15-18)30-3)25-26(22)31(27,28)20-10-5-4-6-11-20/h4-15,22H,16H2,1-3H3/t22-/m1/s1. The SMILES string of the molecule is COc1ccc(C2=NN(S(=O)(=O)c3ccccc3)[C@@H](c3cccc(C)c3)C2)cc1OC. The van der Waals surface area contributed by atoms with E-state index in [1.165, 1.54) is 4.41 Å². The highest BCUT2D eigenvalue weighted by molar-refractivity contribution is 7.89. The predicted octanol–water partition coefficient (Wildman–Crippen LogP) is 4.55. The van der Waals surface area contributed by atoms with E-state index < -0.39 is 16.1 Å². The van der Waals surface area contributed by atoms with Gasteiger partial charge in [-0.2, -0.15) is 17.9 Å². The van der Waals surface area contributed by atoms with Crippen molar-refractivity contribution in [1.29, 1.82) is 0 Å². The molecule has 0 aromatic heterocycles.